The minimum Gasteiger partial charge on any atom is -0.366 e. The van der Waals surface area contributed by atoms with Gasteiger partial charge in [0.15, 0.2) is 0 Å². The largest absolute Gasteiger partial charge is 0.366 e. The average molecular weight is 622 g/mol. The van der Waals surface area contributed by atoms with Gasteiger partial charge < -0.3 is 16.0 Å². The maximum Gasteiger partial charge on any atom is 0.254 e. The van der Waals surface area contributed by atoms with Crippen LogP contribution in [0.2, 0.25) is 0 Å². The summed E-state index contributed by atoms with van der Waals surface area (Å²) in [5.41, 5.74) is 7.26. The average Bonchev–Trinajstić information content (AvgIpc) is 3.04. The van der Waals surface area contributed by atoms with Crippen LogP contribution in [-0.4, -0.2) is 34.7 Å². The van der Waals surface area contributed by atoms with Gasteiger partial charge in [-0.25, -0.2) is 0 Å². The molecule has 0 saturated heterocycles. The zero-order chi connectivity index (χ0) is 32.9. The van der Waals surface area contributed by atoms with Gasteiger partial charge in [-0.15, -0.1) is 0 Å². The van der Waals surface area contributed by atoms with Crippen LogP contribution in [0.5, 0.6) is 0 Å². The molecule has 2 unspecified atom stereocenters. The Kier molecular flexibility index (Phi) is 12.2. The van der Waals surface area contributed by atoms with Crippen molar-refractivity contribution < 1.29 is 14.4 Å². The van der Waals surface area contributed by atoms with E-state index in [1.807, 2.05) is 0 Å². The van der Waals surface area contributed by atoms with Crippen LogP contribution < -0.4 is 11.1 Å². The number of nitrogens with two attached hydrogens (primary N) is 1. The molecule has 3 aliphatic carbocycles. The molecule has 3 fully saturated rings. The van der Waals surface area contributed by atoms with Gasteiger partial charge in [0.2, 0.25) is 11.8 Å². The van der Waals surface area contributed by atoms with E-state index >= 15 is 0 Å². The predicted octanol–water partition coefficient (Wildman–Crippen LogP) is 9.23. The van der Waals surface area contributed by atoms with E-state index in [1.54, 1.807) is 18.2 Å². The Morgan fingerprint density at radius 3 is 1.64 bits per heavy atom. The summed E-state index contributed by atoms with van der Waals surface area (Å²) in [5.74, 6) is 2.81. The van der Waals surface area contributed by atoms with Crippen LogP contribution in [0.1, 0.15) is 159 Å². The molecule has 0 radical (unpaired) electrons. The summed E-state index contributed by atoms with van der Waals surface area (Å²) in [5, 5.41) is 3.09. The van der Waals surface area contributed by atoms with Crippen molar-refractivity contribution in [3.8, 4) is 0 Å². The van der Waals surface area contributed by atoms with E-state index in [-0.39, 0.29) is 40.8 Å². The van der Waals surface area contributed by atoms with Gasteiger partial charge in [0, 0.05) is 34.8 Å². The Morgan fingerprint density at radius 1 is 0.756 bits per heavy atom. The van der Waals surface area contributed by atoms with Gasteiger partial charge in [0.1, 0.15) is 0 Å². The number of hydrogen-bond acceptors (Lipinski definition) is 3. The number of hydrogen-bond donors (Lipinski definition) is 2. The van der Waals surface area contributed by atoms with Crippen LogP contribution >= 0.6 is 0 Å². The highest BCUT2D eigenvalue weighted by Crippen LogP contribution is 2.41. The highest BCUT2D eigenvalue weighted by molar-refractivity contribution is 6.02. The standard InChI is InChI=1S/C39H63N3O3/c1-8-25(3)27-12-18-34(19-13-27)42(35-20-14-28(15-21-35)26(4)9-2)38(45)31-22-30(36(40)43)23-33(24-31)41-37(44)29-10-16-32(17-11-29)39(5,6)7/h22-29,32,34-35H,8-21H2,1-7H3,(H2,40,43)(H,41,44). The number of nitrogens with zero attached hydrogens (tertiary/aromatic N) is 1. The monoisotopic (exact) mass is 621 g/mol. The summed E-state index contributed by atoms with van der Waals surface area (Å²) in [7, 11) is 0. The molecule has 3 saturated carbocycles. The van der Waals surface area contributed by atoms with Crippen molar-refractivity contribution in [2.75, 3.05) is 5.32 Å². The zero-order valence-corrected chi connectivity index (χ0v) is 29.5. The molecule has 1 aromatic rings. The molecule has 2 atom stereocenters. The summed E-state index contributed by atoms with van der Waals surface area (Å²) < 4.78 is 0. The van der Waals surface area contributed by atoms with Gasteiger partial charge in [0.05, 0.1) is 0 Å². The lowest BCUT2D eigenvalue weighted by Gasteiger charge is -2.45. The number of primary amides is 1. The van der Waals surface area contributed by atoms with E-state index in [0.717, 1.165) is 88.9 Å². The lowest BCUT2D eigenvalue weighted by molar-refractivity contribution is -0.121. The number of benzene rings is 1. The van der Waals surface area contributed by atoms with Crippen molar-refractivity contribution in [1.82, 2.24) is 4.90 Å². The molecule has 0 bridgehead atoms. The Bertz CT molecular complexity index is 1120. The van der Waals surface area contributed by atoms with Gasteiger partial charge in [-0.05, 0) is 130 Å². The Labute approximate surface area is 274 Å². The summed E-state index contributed by atoms with van der Waals surface area (Å²) in [4.78, 5) is 42.7. The first-order chi connectivity index (χ1) is 21.3. The van der Waals surface area contributed by atoms with Crippen molar-refractivity contribution in [2.45, 2.75) is 150 Å². The fraction of sp³-hybridized carbons (Fsp3) is 0.769. The molecular formula is C39H63N3O3. The van der Waals surface area contributed by atoms with E-state index in [0.29, 0.717) is 29.0 Å². The van der Waals surface area contributed by atoms with Gasteiger partial charge in [-0.3, -0.25) is 14.4 Å². The third-order valence-electron chi connectivity index (χ3n) is 12.5. The topological polar surface area (TPSA) is 92.5 Å². The third kappa shape index (κ3) is 8.92. The van der Waals surface area contributed by atoms with Crippen molar-refractivity contribution in [3.05, 3.63) is 29.3 Å². The minimum atomic E-state index is -0.583. The predicted molar refractivity (Wildman–Crippen MR) is 185 cm³/mol. The normalized spacial score (nSPS) is 29.0. The zero-order valence-electron chi connectivity index (χ0n) is 29.5. The molecule has 3 amide bonds. The fourth-order valence-electron chi connectivity index (χ4n) is 8.77. The quantitative estimate of drug-likeness (QED) is 0.273. The lowest BCUT2D eigenvalue weighted by atomic mass is 9.69. The molecule has 0 aliphatic heterocycles. The first-order valence-electron chi connectivity index (χ1n) is 18.4. The molecule has 45 heavy (non-hydrogen) atoms. The van der Waals surface area contributed by atoms with Gasteiger partial charge in [0.25, 0.3) is 5.91 Å². The second-order valence-corrected chi connectivity index (χ2v) is 16.2. The van der Waals surface area contributed by atoms with E-state index < -0.39 is 5.91 Å². The molecule has 3 N–H and O–H groups in total. The van der Waals surface area contributed by atoms with E-state index in [4.69, 9.17) is 5.73 Å². The maximum atomic E-state index is 14.6. The summed E-state index contributed by atoms with van der Waals surface area (Å²) in [6.45, 7) is 16.1. The molecule has 6 nitrogen and oxygen atoms in total. The maximum absolute atomic E-state index is 14.6. The SMILES string of the molecule is CCC(C)C1CCC(N(C(=O)c2cc(NC(=O)C3CCC(C(C)(C)C)CC3)cc(C(N)=O)c2)C2CCC(C(C)CC)CC2)CC1. The first-order valence-corrected chi connectivity index (χ1v) is 18.4. The van der Waals surface area contributed by atoms with E-state index in [1.165, 1.54) is 12.8 Å². The molecule has 0 heterocycles. The number of carbonyl (C=O) groups is 3. The Morgan fingerprint density at radius 2 is 1.22 bits per heavy atom. The van der Waals surface area contributed by atoms with Gasteiger partial charge in [-0.2, -0.15) is 0 Å². The number of carbonyl (C=O) groups excluding carboxylic acids is 3. The molecule has 6 heteroatoms. The van der Waals surface area contributed by atoms with Crippen LogP contribution in [0.25, 0.3) is 0 Å². The molecule has 252 valence electrons. The molecule has 3 aliphatic rings. The Hall–Kier alpha value is -2.37. The molecular weight excluding hydrogens is 558 g/mol. The van der Waals surface area contributed by atoms with Gasteiger partial charge >= 0.3 is 0 Å². The van der Waals surface area contributed by atoms with Crippen LogP contribution in [0, 0.1) is 40.9 Å². The highest BCUT2D eigenvalue weighted by Gasteiger charge is 2.38. The van der Waals surface area contributed by atoms with Crippen molar-refractivity contribution >= 4 is 23.4 Å². The highest BCUT2D eigenvalue weighted by atomic mass is 16.2. The number of nitrogens with one attached hydrogen (secondary N) is 1. The van der Waals surface area contributed by atoms with Crippen LogP contribution in [0.3, 0.4) is 0 Å². The van der Waals surface area contributed by atoms with Crippen molar-refractivity contribution in [2.24, 2.45) is 46.7 Å². The molecule has 4 rings (SSSR count). The lowest BCUT2D eigenvalue weighted by Crippen LogP contribution is -2.50. The molecule has 1 aromatic carbocycles. The fourth-order valence-corrected chi connectivity index (χ4v) is 8.77. The van der Waals surface area contributed by atoms with E-state index in [9.17, 15) is 14.4 Å². The summed E-state index contributed by atoms with van der Waals surface area (Å²) >= 11 is 0. The van der Waals surface area contributed by atoms with Crippen molar-refractivity contribution in [3.63, 3.8) is 0 Å². The third-order valence-corrected chi connectivity index (χ3v) is 12.5. The summed E-state index contributed by atoms with van der Waals surface area (Å²) in [6.07, 6.45) is 15.0. The second-order valence-electron chi connectivity index (χ2n) is 16.2. The minimum absolute atomic E-state index is 0.0155. The number of rotatable bonds is 10. The first kappa shape index (κ1) is 35.5. The van der Waals surface area contributed by atoms with Gasteiger partial charge in [-0.1, -0.05) is 61.3 Å². The second kappa shape index (κ2) is 15.5. The van der Waals surface area contributed by atoms with E-state index in [2.05, 4.69) is 58.7 Å². The number of amides is 3. The Balaban J connectivity index is 1.55. The smallest absolute Gasteiger partial charge is 0.254 e. The van der Waals surface area contributed by atoms with Crippen LogP contribution in [-0.2, 0) is 4.79 Å². The summed E-state index contributed by atoms with van der Waals surface area (Å²) in [6, 6.07) is 5.48. The van der Waals surface area contributed by atoms with Crippen LogP contribution in [0.15, 0.2) is 18.2 Å². The van der Waals surface area contributed by atoms with Crippen molar-refractivity contribution in [1.29, 1.82) is 0 Å². The molecule has 0 aromatic heterocycles. The number of anilines is 1. The van der Waals surface area contributed by atoms with Crippen LogP contribution in [0.4, 0.5) is 5.69 Å². The molecule has 0 spiro atoms.